The van der Waals surface area contributed by atoms with Crippen molar-refractivity contribution in [2.24, 2.45) is 17.4 Å². The van der Waals surface area contributed by atoms with Crippen molar-refractivity contribution in [1.29, 1.82) is 0 Å². The Balaban J connectivity index is 0. The molecule has 0 saturated carbocycles. The minimum atomic E-state index is -0.468. The van der Waals surface area contributed by atoms with Crippen molar-refractivity contribution in [3.63, 3.8) is 0 Å². The van der Waals surface area contributed by atoms with E-state index >= 15 is 0 Å². The van der Waals surface area contributed by atoms with Crippen molar-refractivity contribution in [3.05, 3.63) is 0 Å². The number of carbonyl (C=O) groups is 1. The molecular weight excluding hydrogens is 284 g/mol. The maximum Gasteiger partial charge on any atom is 0.231 e. The van der Waals surface area contributed by atoms with Gasteiger partial charge in [-0.1, -0.05) is 0 Å². The average molecular weight is 313 g/mol. The first-order valence-corrected chi connectivity index (χ1v) is 8.33. The number of carbonyl (C=O) groups excluding carboxylic acids is 1. The van der Waals surface area contributed by atoms with Gasteiger partial charge in [-0.3, -0.25) is 4.79 Å². The molecule has 0 atom stereocenters. The molecule has 110 valence electrons. The molecule has 0 spiro atoms. The summed E-state index contributed by atoms with van der Waals surface area (Å²) in [5.41, 5.74) is 9.22. The second kappa shape index (κ2) is 17.5. The molecular formula is C12H28N2OS3. The third-order valence-corrected chi connectivity index (χ3v) is 3.46. The van der Waals surface area contributed by atoms with Crippen LogP contribution in [-0.4, -0.2) is 29.7 Å². The number of primary amides is 1. The molecule has 0 aromatic rings. The third-order valence-electron chi connectivity index (χ3n) is 2.51. The van der Waals surface area contributed by atoms with Gasteiger partial charge in [0.25, 0.3) is 0 Å². The lowest BCUT2D eigenvalue weighted by atomic mass is 9.94. The normalized spacial score (nSPS) is 10.1. The highest BCUT2D eigenvalue weighted by molar-refractivity contribution is 7.80. The number of hydrogen-bond donors (Lipinski definition) is 5. The predicted molar refractivity (Wildman–Crippen MR) is 91.0 cm³/mol. The van der Waals surface area contributed by atoms with Crippen LogP contribution in [0.5, 0.6) is 0 Å². The summed E-state index contributed by atoms with van der Waals surface area (Å²) in [4.78, 5) is 9.47. The zero-order valence-corrected chi connectivity index (χ0v) is 13.7. The summed E-state index contributed by atoms with van der Waals surface area (Å²) in [6, 6.07) is 0. The highest BCUT2D eigenvalue weighted by Crippen LogP contribution is 2.20. The van der Waals surface area contributed by atoms with Gasteiger partial charge >= 0.3 is 0 Å². The van der Waals surface area contributed by atoms with Gasteiger partial charge in [-0.15, -0.1) is 0 Å². The van der Waals surface area contributed by atoms with Crippen molar-refractivity contribution in [1.82, 2.24) is 0 Å². The Morgan fingerprint density at radius 3 is 1.33 bits per heavy atom. The van der Waals surface area contributed by atoms with Crippen LogP contribution in [0.2, 0.25) is 0 Å². The number of amides is 1. The molecule has 6 heteroatoms. The molecule has 1 amide bonds. The lowest BCUT2D eigenvalue weighted by Crippen LogP contribution is -2.21. The van der Waals surface area contributed by atoms with Crippen molar-refractivity contribution in [2.45, 2.75) is 38.5 Å². The van der Waals surface area contributed by atoms with E-state index in [0.29, 0.717) is 0 Å². The van der Waals surface area contributed by atoms with Crippen LogP contribution in [0.3, 0.4) is 0 Å². The van der Waals surface area contributed by atoms with Crippen molar-refractivity contribution in [3.8, 4) is 0 Å². The molecule has 0 aromatic carbocycles. The number of thiol groups is 3. The van der Waals surface area contributed by atoms with Crippen LogP contribution in [0.15, 0.2) is 0 Å². The van der Waals surface area contributed by atoms with Gasteiger partial charge in [0.1, 0.15) is 0 Å². The molecule has 0 aliphatic rings. The summed E-state index contributed by atoms with van der Waals surface area (Å²) in [6.45, 7) is -0.0556. The summed E-state index contributed by atoms with van der Waals surface area (Å²) >= 11 is 12.7. The standard InChI is InChI=1S/C10H22S3.C2H6N2O/c11-7-1-4-10(5-2-8-12)6-3-9-13;3-1-2(4)5/h10-13H,1-9H2;1,3H2,(H2,4,5). The smallest absolute Gasteiger partial charge is 0.231 e. The number of hydrogen-bond acceptors (Lipinski definition) is 5. The third kappa shape index (κ3) is 18.8. The predicted octanol–water partition coefficient (Wildman–Crippen LogP) is 2.16. The van der Waals surface area contributed by atoms with E-state index in [1.807, 2.05) is 0 Å². The second-order valence-electron chi connectivity index (χ2n) is 4.13. The van der Waals surface area contributed by atoms with Gasteiger partial charge in [0.15, 0.2) is 0 Å². The molecule has 0 bridgehead atoms. The van der Waals surface area contributed by atoms with Crippen LogP contribution < -0.4 is 11.5 Å². The summed E-state index contributed by atoms with van der Waals surface area (Å²) in [7, 11) is 0. The Kier molecular flexibility index (Phi) is 20.2. The summed E-state index contributed by atoms with van der Waals surface area (Å²) in [6.07, 6.45) is 7.79. The second-order valence-corrected chi connectivity index (χ2v) is 5.48. The molecule has 0 aliphatic heterocycles. The SMILES string of the molecule is NCC(N)=O.SCCCC(CCCS)CCCS. The molecule has 18 heavy (non-hydrogen) atoms. The lowest BCUT2D eigenvalue weighted by Gasteiger charge is -2.15. The Morgan fingerprint density at radius 2 is 1.17 bits per heavy atom. The van der Waals surface area contributed by atoms with Crippen molar-refractivity contribution in [2.75, 3.05) is 23.8 Å². The zero-order valence-electron chi connectivity index (χ0n) is 11.1. The van der Waals surface area contributed by atoms with E-state index in [1.54, 1.807) is 0 Å². The minimum absolute atomic E-state index is 0.0556. The zero-order chi connectivity index (χ0) is 14.2. The molecule has 0 fully saturated rings. The molecule has 0 heterocycles. The maximum absolute atomic E-state index is 9.47. The van der Waals surface area contributed by atoms with E-state index in [1.165, 1.54) is 38.5 Å². The first-order valence-electron chi connectivity index (χ1n) is 6.43. The van der Waals surface area contributed by atoms with Crippen LogP contribution in [0.4, 0.5) is 0 Å². The van der Waals surface area contributed by atoms with Gasteiger partial charge in [0.05, 0.1) is 6.54 Å². The first kappa shape index (κ1) is 20.8. The van der Waals surface area contributed by atoms with Gasteiger partial charge in [-0.2, -0.15) is 37.9 Å². The van der Waals surface area contributed by atoms with Gasteiger partial charge in [0, 0.05) is 0 Å². The van der Waals surface area contributed by atoms with Gasteiger partial charge in [0.2, 0.25) is 5.91 Å². The quantitative estimate of drug-likeness (QED) is 0.401. The molecule has 0 rings (SSSR count). The van der Waals surface area contributed by atoms with Gasteiger partial charge in [-0.05, 0) is 61.7 Å². The molecule has 4 N–H and O–H groups in total. The molecule has 0 saturated heterocycles. The Bertz CT molecular complexity index is 164. The largest absolute Gasteiger partial charge is 0.369 e. The van der Waals surface area contributed by atoms with Crippen LogP contribution >= 0.6 is 37.9 Å². The van der Waals surface area contributed by atoms with Crippen LogP contribution in [0, 0.1) is 5.92 Å². The van der Waals surface area contributed by atoms with Gasteiger partial charge in [-0.25, -0.2) is 0 Å². The Morgan fingerprint density at radius 1 is 0.889 bits per heavy atom. The average Bonchev–Trinajstić information content (AvgIpc) is 2.38. The molecule has 0 unspecified atom stereocenters. The maximum atomic E-state index is 9.47. The monoisotopic (exact) mass is 312 g/mol. The van der Waals surface area contributed by atoms with E-state index in [-0.39, 0.29) is 6.54 Å². The molecule has 0 aliphatic carbocycles. The highest BCUT2D eigenvalue weighted by Gasteiger charge is 2.06. The summed E-state index contributed by atoms with van der Waals surface area (Å²) in [5.74, 6) is 3.51. The van der Waals surface area contributed by atoms with Crippen molar-refractivity contribution >= 4 is 43.8 Å². The van der Waals surface area contributed by atoms with E-state index < -0.39 is 5.91 Å². The number of nitrogens with two attached hydrogens (primary N) is 2. The van der Waals surface area contributed by atoms with Crippen LogP contribution in [0.25, 0.3) is 0 Å². The summed E-state index contributed by atoms with van der Waals surface area (Å²) in [5, 5.41) is 0. The van der Waals surface area contributed by atoms with E-state index in [4.69, 9.17) is 5.73 Å². The highest BCUT2D eigenvalue weighted by atomic mass is 32.1. The first-order chi connectivity index (χ1) is 8.62. The van der Waals surface area contributed by atoms with Crippen LogP contribution in [-0.2, 0) is 4.79 Å². The number of rotatable bonds is 10. The van der Waals surface area contributed by atoms with Crippen molar-refractivity contribution < 1.29 is 4.79 Å². The summed E-state index contributed by atoms with van der Waals surface area (Å²) < 4.78 is 0. The Hall–Kier alpha value is 0.480. The molecule has 0 radical (unpaired) electrons. The Labute approximate surface area is 128 Å². The van der Waals surface area contributed by atoms with E-state index in [0.717, 1.165) is 23.2 Å². The van der Waals surface area contributed by atoms with E-state index in [9.17, 15) is 4.79 Å². The lowest BCUT2D eigenvalue weighted by molar-refractivity contribution is -0.116. The fourth-order valence-electron chi connectivity index (χ4n) is 1.57. The van der Waals surface area contributed by atoms with E-state index in [2.05, 4.69) is 43.6 Å². The van der Waals surface area contributed by atoms with Gasteiger partial charge < -0.3 is 11.5 Å². The minimum Gasteiger partial charge on any atom is -0.369 e. The van der Waals surface area contributed by atoms with Crippen LogP contribution in [0.1, 0.15) is 38.5 Å². The fraction of sp³-hybridized carbons (Fsp3) is 0.917. The topological polar surface area (TPSA) is 69.1 Å². The molecule has 3 nitrogen and oxygen atoms in total. The fourth-order valence-corrected chi connectivity index (χ4v) is 2.12. The molecule has 0 aromatic heterocycles.